The predicted molar refractivity (Wildman–Crippen MR) is 154 cm³/mol. The molecule has 2 aromatic rings. The first-order chi connectivity index (χ1) is 18.0. The molecule has 1 heterocycles. The number of nitrogens with zero attached hydrogens (tertiary/aromatic N) is 2. The van der Waals surface area contributed by atoms with Crippen molar-refractivity contribution in [3.05, 3.63) is 77.5 Å². The van der Waals surface area contributed by atoms with Crippen LogP contribution >= 0.6 is 0 Å². The van der Waals surface area contributed by atoms with Crippen molar-refractivity contribution >= 4 is 17.2 Å². The second-order valence-electron chi connectivity index (χ2n) is 9.61. The molecule has 1 fully saturated rings. The third-order valence-corrected chi connectivity index (χ3v) is 5.99. The number of oxime groups is 1. The molecule has 1 aliphatic heterocycles. The summed E-state index contributed by atoms with van der Waals surface area (Å²) in [6.07, 6.45) is 0. The molecule has 38 heavy (non-hydrogen) atoms. The summed E-state index contributed by atoms with van der Waals surface area (Å²) >= 11 is 0. The van der Waals surface area contributed by atoms with Crippen LogP contribution in [0.4, 0.5) is 0 Å². The number of amides is 1. The summed E-state index contributed by atoms with van der Waals surface area (Å²) < 4.78 is 5.33. The van der Waals surface area contributed by atoms with Crippen LogP contribution in [0.5, 0.6) is 11.5 Å². The zero-order valence-electron chi connectivity index (χ0n) is 23.3. The van der Waals surface area contributed by atoms with E-state index < -0.39 is 5.91 Å². The van der Waals surface area contributed by atoms with Gasteiger partial charge < -0.3 is 25.7 Å². The van der Waals surface area contributed by atoms with Crippen LogP contribution < -0.4 is 15.9 Å². The Hall–Kier alpha value is -3.62. The van der Waals surface area contributed by atoms with Crippen LogP contribution in [0.2, 0.25) is 0 Å². The third-order valence-electron chi connectivity index (χ3n) is 5.99. The van der Waals surface area contributed by atoms with E-state index in [1.54, 1.807) is 26.0 Å². The van der Waals surface area contributed by atoms with Crippen LogP contribution in [0, 0.1) is 6.92 Å². The summed E-state index contributed by atoms with van der Waals surface area (Å²) in [4.78, 5) is 19.6. The molecule has 3 rings (SSSR count). The van der Waals surface area contributed by atoms with Crippen molar-refractivity contribution in [3.63, 3.8) is 0 Å². The van der Waals surface area contributed by atoms with E-state index in [1.807, 2.05) is 20.8 Å². The Morgan fingerprint density at radius 2 is 1.84 bits per heavy atom. The van der Waals surface area contributed by atoms with Crippen molar-refractivity contribution in [3.8, 4) is 11.5 Å². The SMILES string of the molecule is C=C(C)c1ccc(CN2CCOCC2)cc1.C=C(N)/C(=N\Oc1cc(C(C)C)c(O)cc1C)C(=O)NCC. The van der Waals surface area contributed by atoms with Gasteiger partial charge >= 0.3 is 0 Å². The lowest BCUT2D eigenvalue weighted by Gasteiger charge is -2.26. The molecule has 4 N–H and O–H groups in total. The zero-order chi connectivity index (χ0) is 28.2. The van der Waals surface area contributed by atoms with Crippen LogP contribution in [0.25, 0.3) is 5.57 Å². The number of aromatic hydroxyl groups is 1. The Balaban J connectivity index is 0.000000279. The maximum absolute atomic E-state index is 11.8. The molecule has 0 radical (unpaired) electrons. The molecule has 2 aromatic carbocycles. The van der Waals surface area contributed by atoms with Gasteiger partial charge in [-0.2, -0.15) is 0 Å². The summed E-state index contributed by atoms with van der Waals surface area (Å²) in [5.41, 5.74) is 10.7. The number of benzene rings is 2. The smallest absolute Gasteiger partial charge is 0.275 e. The molecular weight excluding hydrogens is 480 g/mol. The molecule has 8 nitrogen and oxygen atoms in total. The first kappa shape index (κ1) is 30.6. The summed E-state index contributed by atoms with van der Waals surface area (Å²) in [5.74, 6) is 0.329. The van der Waals surface area contributed by atoms with Crippen molar-refractivity contribution in [2.24, 2.45) is 10.9 Å². The summed E-state index contributed by atoms with van der Waals surface area (Å²) in [6, 6.07) is 12.0. The number of aryl methyl sites for hydroxylation is 1. The molecule has 0 aliphatic carbocycles. The number of hydrogen-bond acceptors (Lipinski definition) is 7. The average Bonchev–Trinajstić information content (AvgIpc) is 2.86. The van der Waals surface area contributed by atoms with Gasteiger partial charge in [0.15, 0.2) is 11.5 Å². The lowest BCUT2D eigenvalue weighted by molar-refractivity contribution is -0.114. The maximum atomic E-state index is 11.8. The quantitative estimate of drug-likeness (QED) is 0.325. The Labute approximate surface area is 226 Å². The Kier molecular flexibility index (Phi) is 12.0. The van der Waals surface area contributed by atoms with Crippen LogP contribution in [-0.4, -0.2) is 54.5 Å². The van der Waals surface area contributed by atoms with Gasteiger partial charge in [0, 0.05) is 31.7 Å². The van der Waals surface area contributed by atoms with Crippen LogP contribution in [0.3, 0.4) is 0 Å². The number of ether oxygens (including phenoxy) is 1. The first-order valence-electron chi connectivity index (χ1n) is 12.9. The van der Waals surface area contributed by atoms with Gasteiger partial charge in [-0.15, -0.1) is 0 Å². The maximum Gasteiger partial charge on any atom is 0.275 e. The van der Waals surface area contributed by atoms with Crippen LogP contribution in [0.15, 0.2) is 60.4 Å². The van der Waals surface area contributed by atoms with Gasteiger partial charge in [0.05, 0.1) is 18.9 Å². The van der Waals surface area contributed by atoms with E-state index in [9.17, 15) is 9.90 Å². The Morgan fingerprint density at radius 1 is 1.21 bits per heavy atom. The molecule has 206 valence electrons. The highest BCUT2D eigenvalue weighted by molar-refractivity contribution is 6.44. The molecule has 0 unspecified atom stereocenters. The fourth-order valence-electron chi connectivity index (χ4n) is 3.75. The van der Waals surface area contributed by atoms with E-state index in [0.29, 0.717) is 17.9 Å². The van der Waals surface area contributed by atoms with E-state index >= 15 is 0 Å². The van der Waals surface area contributed by atoms with Gasteiger partial charge in [-0.1, -0.05) is 62.0 Å². The minimum absolute atomic E-state index is 0.0199. The number of carbonyl (C=O) groups is 1. The van der Waals surface area contributed by atoms with Gasteiger partial charge in [-0.05, 0) is 55.5 Å². The standard InChI is InChI=1S/C16H23N3O3.C14H19NO/c1-6-18-16(21)15(11(5)17)19-22-14-8-12(9(2)3)13(20)7-10(14)4;1-12(2)14-5-3-13(4-6-14)11-15-7-9-16-10-8-15/h7-9,20H,5-6,17H2,1-4H3,(H,18,21);3-6H,1,7-11H2,2H3/b19-15+;. The van der Waals surface area contributed by atoms with Crippen molar-refractivity contribution in [2.45, 2.75) is 47.1 Å². The Bertz CT molecular complexity index is 1130. The van der Waals surface area contributed by atoms with Crippen molar-refractivity contribution in [1.82, 2.24) is 10.2 Å². The predicted octanol–water partition coefficient (Wildman–Crippen LogP) is 4.72. The van der Waals surface area contributed by atoms with Crippen LogP contribution in [-0.2, 0) is 16.1 Å². The highest BCUT2D eigenvalue weighted by atomic mass is 16.6. The van der Waals surface area contributed by atoms with Gasteiger partial charge in [0.1, 0.15) is 5.75 Å². The van der Waals surface area contributed by atoms with Gasteiger partial charge in [-0.3, -0.25) is 9.69 Å². The van der Waals surface area contributed by atoms with E-state index in [1.165, 1.54) is 11.1 Å². The van der Waals surface area contributed by atoms with Crippen molar-refractivity contribution in [2.75, 3.05) is 32.8 Å². The first-order valence-corrected chi connectivity index (χ1v) is 12.9. The van der Waals surface area contributed by atoms with Gasteiger partial charge in [-0.25, -0.2) is 0 Å². The molecule has 0 spiro atoms. The number of morpholine rings is 1. The molecule has 0 saturated carbocycles. The second kappa shape index (κ2) is 15.0. The number of phenolic OH excluding ortho intramolecular Hbond substituents is 1. The number of nitrogens with one attached hydrogen (secondary N) is 1. The van der Waals surface area contributed by atoms with E-state index in [2.05, 4.69) is 52.8 Å². The normalized spacial score (nSPS) is 13.9. The molecular formula is C30H42N4O4. The topological polar surface area (TPSA) is 109 Å². The molecule has 0 aromatic heterocycles. The monoisotopic (exact) mass is 522 g/mol. The summed E-state index contributed by atoms with van der Waals surface area (Å²) in [7, 11) is 0. The van der Waals surface area contributed by atoms with Crippen molar-refractivity contribution in [1.29, 1.82) is 0 Å². The molecule has 1 saturated heterocycles. The number of rotatable bonds is 9. The highest BCUT2D eigenvalue weighted by Crippen LogP contribution is 2.32. The van der Waals surface area contributed by atoms with E-state index in [0.717, 1.165) is 44.0 Å². The fourth-order valence-corrected chi connectivity index (χ4v) is 3.75. The van der Waals surface area contributed by atoms with E-state index in [4.69, 9.17) is 15.3 Å². The van der Waals surface area contributed by atoms with Crippen LogP contribution in [0.1, 0.15) is 55.9 Å². The lowest BCUT2D eigenvalue weighted by atomic mass is 10.00. The van der Waals surface area contributed by atoms with Gasteiger partial charge in [0.25, 0.3) is 5.91 Å². The van der Waals surface area contributed by atoms with E-state index in [-0.39, 0.29) is 23.1 Å². The highest BCUT2D eigenvalue weighted by Gasteiger charge is 2.15. The Morgan fingerprint density at radius 3 is 2.37 bits per heavy atom. The number of allylic oxidation sites excluding steroid dienone is 1. The molecule has 1 aliphatic rings. The molecule has 0 bridgehead atoms. The largest absolute Gasteiger partial charge is 0.508 e. The second-order valence-corrected chi connectivity index (χ2v) is 9.61. The van der Waals surface area contributed by atoms with Crippen molar-refractivity contribution < 1.29 is 19.5 Å². The number of hydrogen-bond donors (Lipinski definition) is 3. The molecule has 1 amide bonds. The lowest BCUT2D eigenvalue weighted by Crippen LogP contribution is -2.35. The molecule has 8 heteroatoms. The molecule has 0 atom stereocenters. The fraction of sp³-hybridized carbons (Fsp3) is 0.400. The zero-order valence-corrected chi connectivity index (χ0v) is 23.3. The van der Waals surface area contributed by atoms with Gasteiger partial charge in [0.2, 0.25) is 0 Å². The minimum Gasteiger partial charge on any atom is -0.508 e. The third kappa shape index (κ3) is 9.36. The minimum atomic E-state index is -0.449. The number of nitrogens with two attached hydrogens (primary N) is 1. The number of carbonyl (C=O) groups excluding carboxylic acids is 1. The summed E-state index contributed by atoms with van der Waals surface area (Å²) in [6.45, 7) is 22.3. The average molecular weight is 523 g/mol. The summed E-state index contributed by atoms with van der Waals surface area (Å²) in [5, 5.41) is 16.3. The number of phenols is 1.